The van der Waals surface area contributed by atoms with E-state index in [1.165, 1.54) is 64.6 Å². The van der Waals surface area contributed by atoms with Crippen LogP contribution < -0.4 is 5.32 Å². The van der Waals surface area contributed by atoms with Gasteiger partial charge in [0.1, 0.15) is 0 Å². The van der Waals surface area contributed by atoms with Gasteiger partial charge in [0.2, 0.25) is 0 Å². The number of rotatable bonds is 6. The Morgan fingerprint density at radius 3 is 2.71 bits per heavy atom. The minimum Gasteiger partial charge on any atom is -0.315 e. The average Bonchev–Trinajstić information content (AvgIpc) is 2.29. The van der Waals surface area contributed by atoms with Crippen LogP contribution in [0.1, 0.15) is 44.9 Å². The summed E-state index contributed by atoms with van der Waals surface area (Å²) in [4.78, 5) is 2.55. The molecular weight excluding hydrogens is 228 g/mol. The van der Waals surface area contributed by atoms with E-state index in [9.17, 15) is 0 Å². The van der Waals surface area contributed by atoms with E-state index in [2.05, 4.69) is 35.3 Å². The molecular formula is C14H28N2S. The molecule has 1 atom stereocenters. The standard InChI is InChI=1S/C14H28N2S/c1-16-11-4-3-6-13(16)7-10-15-12-14(17-2)8-5-9-14/h13,15H,3-12H2,1-2H3. The number of likely N-dealkylation sites (tertiary alicyclic amines) is 1. The van der Waals surface area contributed by atoms with Crippen LogP contribution in [0.3, 0.4) is 0 Å². The maximum absolute atomic E-state index is 3.70. The first-order valence-electron chi connectivity index (χ1n) is 7.22. The first-order chi connectivity index (χ1) is 8.26. The van der Waals surface area contributed by atoms with Crippen molar-refractivity contribution in [1.29, 1.82) is 0 Å². The van der Waals surface area contributed by atoms with Crippen molar-refractivity contribution >= 4 is 11.8 Å². The van der Waals surface area contributed by atoms with E-state index in [1.807, 2.05) is 0 Å². The zero-order chi connectivity index (χ0) is 12.1. The van der Waals surface area contributed by atoms with E-state index in [0.717, 1.165) is 6.04 Å². The summed E-state index contributed by atoms with van der Waals surface area (Å²) in [5, 5.41) is 3.70. The fourth-order valence-corrected chi connectivity index (χ4v) is 4.06. The summed E-state index contributed by atoms with van der Waals surface area (Å²) in [5.41, 5.74) is 0. The van der Waals surface area contributed by atoms with Crippen molar-refractivity contribution < 1.29 is 0 Å². The lowest BCUT2D eigenvalue weighted by molar-refractivity contribution is 0.174. The zero-order valence-electron chi connectivity index (χ0n) is 11.5. The summed E-state index contributed by atoms with van der Waals surface area (Å²) < 4.78 is 0.596. The van der Waals surface area contributed by atoms with Gasteiger partial charge in [0.05, 0.1) is 0 Å². The largest absolute Gasteiger partial charge is 0.315 e. The van der Waals surface area contributed by atoms with Gasteiger partial charge in [0.25, 0.3) is 0 Å². The van der Waals surface area contributed by atoms with Crippen LogP contribution >= 0.6 is 11.8 Å². The Morgan fingerprint density at radius 2 is 2.12 bits per heavy atom. The van der Waals surface area contributed by atoms with Crippen LogP contribution in [0.5, 0.6) is 0 Å². The zero-order valence-corrected chi connectivity index (χ0v) is 12.3. The molecule has 0 amide bonds. The third-order valence-electron chi connectivity index (χ3n) is 4.72. The van der Waals surface area contributed by atoms with Crippen molar-refractivity contribution in [2.75, 3.05) is 32.9 Å². The maximum atomic E-state index is 3.70. The molecule has 2 rings (SSSR count). The molecule has 1 aliphatic carbocycles. The lowest BCUT2D eigenvalue weighted by Gasteiger charge is -2.41. The smallest absolute Gasteiger partial charge is 0.0281 e. The Bertz CT molecular complexity index is 223. The van der Waals surface area contributed by atoms with Gasteiger partial charge < -0.3 is 10.2 Å². The molecule has 1 N–H and O–H groups in total. The Labute approximate surface area is 111 Å². The van der Waals surface area contributed by atoms with Gasteiger partial charge in [0, 0.05) is 17.3 Å². The van der Waals surface area contributed by atoms with Crippen LogP contribution in [0.15, 0.2) is 0 Å². The quantitative estimate of drug-likeness (QED) is 0.736. The topological polar surface area (TPSA) is 15.3 Å². The van der Waals surface area contributed by atoms with E-state index in [-0.39, 0.29) is 0 Å². The third kappa shape index (κ3) is 3.62. The van der Waals surface area contributed by atoms with Crippen LogP contribution in [0.2, 0.25) is 0 Å². The second-order valence-corrected chi connectivity index (χ2v) is 7.11. The van der Waals surface area contributed by atoms with E-state index in [4.69, 9.17) is 0 Å². The number of nitrogens with zero attached hydrogens (tertiary/aromatic N) is 1. The fourth-order valence-electron chi connectivity index (χ4n) is 3.12. The molecule has 0 spiro atoms. The van der Waals surface area contributed by atoms with Gasteiger partial charge in [-0.2, -0.15) is 11.8 Å². The van der Waals surface area contributed by atoms with Crippen LogP contribution in [-0.2, 0) is 0 Å². The van der Waals surface area contributed by atoms with Gasteiger partial charge in [-0.15, -0.1) is 0 Å². The summed E-state index contributed by atoms with van der Waals surface area (Å²) in [6.45, 7) is 3.74. The average molecular weight is 256 g/mol. The Hall–Kier alpha value is 0.270. The first kappa shape index (κ1) is 13.7. The first-order valence-corrected chi connectivity index (χ1v) is 8.44. The van der Waals surface area contributed by atoms with Gasteiger partial charge in [-0.3, -0.25) is 0 Å². The highest BCUT2D eigenvalue weighted by molar-refractivity contribution is 8.00. The number of hydrogen-bond acceptors (Lipinski definition) is 3. The SMILES string of the molecule is CSC1(CNCCC2CCCCN2C)CCC1. The van der Waals surface area contributed by atoms with Gasteiger partial charge in [-0.05, 0) is 58.5 Å². The van der Waals surface area contributed by atoms with Crippen molar-refractivity contribution in [3.8, 4) is 0 Å². The van der Waals surface area contributed by atoms with Gasteiger partial charge >= 0.3 is 0 Å². The van der Waals surface area contributed by atoms with Crippen LogP contribution in [-0.4, -0.2) is 48.6 Å². The molecule has 1 heterocycles. The molecule has 0 radical (unpaired) electrons. The van der Waals surface area contributed by atoms with Crippen molar-refractivity contribution in [1.82, 2.24) is 10.2 Å². The number of thioether (sulfide) groups is 1. The van der Waals surface area contributed by atoms with Crippen molar-refractivity contribution in [3.63, 3.8) is 0 Å². The maximum Gasteiger partial charge on any atom is 0.0281 e. The monoisotopic (exact) mass is 256 g/mol. The molecule has 3 heteroatoms. The summed E-state index contributed by atoms with van der Waals surface area (Å²) >= 11 is 2.07. The van der Waals surface area contributed by atoms with Crippen LogP contribution in [0.4, 0.5) is 0 Å². The predicted octanol–water partition coefficient (Wildman–Crippen LogP) is 2.74. The van der Waals surface area contributed by atoms with Crippen molar-refractivity contribution in [2.24, 2.45) is 0 Å². The third-order valence-corrected chi connectivity index (χ3v) is 6.14. The highest BCUT2D eigenvalue weighted by Gasteiger charge is 2.35. The summed E-state index contributed by atoms with van der Waals surface area (Å²) in [6, 6.07) is 0.836. The van der Waals surface area contributed by atoms with Crippen molar-refractivity contribution in [3.05, 3.63) is 0 Å². The lowest BCUT2D eigenvalue weighted by atomic mass is 9.84. The molecule has 100 valence electrons. The fraction of sp³-hybridized carbons (Fsp3) is 1.00. The van der Waals surface area contributed by atoms with Crippen LogP contribution in [0.25, 0.3) is 0 Å². The summed E-state index contributed by atoms with van der Waals surface area (Å²) in [7, 11) is 2.29. The minimum atomic E-state index is 0.596. The normalized spacial score (nSPS) is 28.9. The van der Waals surface area contributed by atoms with Gasteiger partial charge in [-0.25, -0.2) is 0 Å². The number of piperidine rings is 1. The van der Waals surface area contributed by atoms with E-state index in [1.54, 1.807) is 0 Å². The molecule has 1 aliphatic heterocycles. The molecule has 1 saturated heterocycles. The summed E-state index contributed by atoms with van der Waals surface area (Å²) in [6.07, 6.45) is 12.1. The lowest BCUT2D eigenvalue weighted by Crippen LogP contribution is -2.45. The van der Waals surface area contributed by atoms with E-state index < -0.39 is 0 Å². The molecule has 1 unspecified atom stereocenters. The molecule has 0 aromatic heterocycles. The van der Waals surface area contributed by atoms with Gasteiger partial charge in [0.15, 0.2) is 0 Å². The second-order valence-electron chi connectivity index (χ2n) is 5.84. The Kier molecular flexibility index (Phi) is 5.19. The molecule has 2 nitrogen and oxygen atoms in total. The minimum absolute atomic E-state index is 0.596. The van der Waals surface area contributed by atoms with Crippen LogP contribution in [0, 0.1) is 0 Å². The second kappa shape index (κ2) is 6.44. The molecule has 2 fully saturated rings. The molecule has 2 aliphatic rings. The molecule has 0 aromatic rings. The Balaban J connectivity index is 1.59. The van der Waals surface area contributed by atoms with E-state index in [0.29, 0.717) is 4.75 Å². The highest BCUT2D eigenvalue weighted by atomic mass is 32.2. The molecule has 17 heavy (non-hydrogen) atoms. The number of hydrogen-bond donors (Lipinski definition) is 1. The summed E-state index contributed by atoms with van der Waals surface area (Å²) in [5.74, 6) is 0. The molecule has 0 aromatic carbocycles. The predicted molar refractivity (Wildman–Crippen MR) is 77.9 cm³/mol. The van der Waals surface area contributed by atoms with Gasteiger partial charge in [-0.1, -0.05) is 12.8 Å². The highest BCUT2D eigenvalue weighted by Crippen LogP contribution is 2.42. The Morgan fingerprint density at radius 1 is 1.29 bits per heavy atom. The van der Waals surface area contributed by atoms with E-state index >= 15 is 0 Å². The molecule has 1 saturated carbocycles. The number of nitrogens with one attached hydrogen (secondary N) is 1. The molecule has 0 bridgehead atoms. The van der Waals surface area contributed by atoms with Crippen molar-refractivity contribution in [2.45, 2.75) is 55.7 Å².